The Morgan fingerprint density at radius 3 is 2.64 bits per heavy atom. The molecule has 1 unspecified atom stereocenters. The van der Waals surface area contributed by atoms with Gasteiger partial charge in [-0.05, 0) is 31.5 Å². The van der Waals surface area contributed by atoms with Crippen LogP contribution in [0, 0.1) is 0 Å². The predicted octanol–water partition coefficient (Wildman–Crippen LogP) is 4.16. The van der Waals surface area contributed by atoms with Gasteiger partial charge in [-0.15, -0.1) is 11.8 Å². The first kappa shape index (κ1) is 19.6. The van der Waals surface area contributed by atoms with Crippen LogP contribution in [0.5, 0.6) is 0 Å². The van der Waals surface area contributed by atoms with Crippen LogP contribution in [0.1, 0.15) is 38.7 Å². The maximum atomic E-state index is 12.8. The molecule has 1 aromatic carbocycles. The van der Waals surface area contributed by atoms with E-state index >= 15 is 0 Å². The summed E-state index contributed by atoms with van der Waals surface area (Å²) >= 11 is 1.14. The second-order valence-electron chi connectivity index (χ2n) is 5.84. The van der Waals surface area contributed by atoms with E-state index in [1.165, 1.54) is 6.07 Å². The van der Waals surface area contributed by atoms with Gasteiger partial charge in [-0.25, -0.2) is 0 Å². The molecule has 25 heavy (non-hydrogen) atoms. The van der Waals surface area contributed by atoms with Gasteiger partial charge >= 0.3 is 6.18 Å². The molecule has 138 valence electrons. The number of carbonyl (C=O) groups is 2. The van der Waals surface area contributed by atoms with Gasteiger partial charge in [0.15, 0.2) is 0 Å². The first-order valence-corrected chi connectivity index (χ1v) is 9.10. The number of nitrogens with zero attached hydrogens (tertiary/aromatic N) is 1. The summed E-state index contributed by atoms with van der Waals surface area (Å²) in [4.78, 5) is 26.8. The van der Waals surface area contributed by atoms with Crippen molar-refractivity contribution in [3.63, 3.8) is 0 Å². The number of nitrogens with one attached hydrogen (secondary N) is 1. The third-order valence-corrected chi connectivity index (χ3v) is 5.28. The molecule has 2 rings (SSSR count). The van der Waals surface area contributed by atoms with E-state index in [1.54, 1.807) is 4.90 Å². The van der Waals surface area contributed by atoms with Crippen LogP contribution in [0.2, 0.25) is 0 Å². The minimum Gasteiger partial charge on any atom is -0.343 e. The number of rotatable bonds is 6. The molecule has 0 aliphatic carbocycles. The molecule has 0 saturated carbocycles. The number of alkyl halides is 3. The Bertz CT molecular complexity index is 649. The van der Waals surface area contributed by atoms with E-state index in [2.05, 4.69) is 5.32 Å². The summed E-state index contributed by atoms with van der Waals surface area (Å²) in [6.45, 7) is 5.14. The highest BCUT2D eigenvalue weighted by molar-refractivity contribution is 8.01. The first-order valence-electron chi connectivity index (χ1n) is 8.22. The van der Waals surface area contributed by atoms with E-state index in [0.717, 1.165) is 36.7 Å². The largest absolute Gasteiger partial charge is 0.416 e. The molecule has 1 aliphatic rings. The molecule has 0 saturated heterocycles. The van der Waals surface area contributed by atoms with Crippen LogP contribution in [0.4, 0.5) is 18.9 Å². The zero-order valence-electron chi connectivity index (χ0n) is 14.2. The monoisotopic (exact) mass is 374 g/mol. The minimum absolute atomic E-state index is 0.0362. The van der Waals surface area contributed by atoms with Crippen molar-refractivity contribution in [2.75, 3.05) is 18.4 Å². The third-order valence-electron chi connectivity index (χ3n) is 4.00. The molecule has 1 N–H and O–H groups in total. The van der Waals surface area contributed by atoms with E-state index in [4.69, 9.17) is 0 Å². The van der Waals surface area contributed by atoms with Crippen LogP contribution in [-0.4, -0.2) is 35.1 Å². The van der Waals surface area contributed by atoms with Crippen LogP contribution >= 0.6 is 11.8 Å². The summed E-state index contributed by atoms with van der Waals surface area (Å²) in [5.74, 6) is -0.546. The highest BCUT2D eigenvalue weighted by atomic mass is 32.2. The van der Waals surface area contributed by atoms with Gasteiger partial charge in [0.1, 0.15) is 0 Å². The van der Waals surface area contributed by atoms with Crippen molar-refractivity contribution in [3.8, 4) is 0 Å². The number of unbranched alkanes of at least 4 members (excludes halogenated alkanes) is 1. The zero-order chi connectivity index (χ0) is 18.6. The molecular formula is C17H21F3N2O2S. The summed E-state index contributed by atoms with van der Waals surface area (Å²) in [5, 5.41) is 1.87. The average molecular weight is 374 g/mol. The fraction of sp³-hybridized carbons (Fsp3) is 0.529. The lowest BCUT2D eigenvalue weighted by Crippen LogP contribution is -2.38. The lowest BCUT2D eigenvalue weighted by atomic mass is 10.1. The molecule has 0 radical (unpaired) electrons. The van der Waals surface area contributed by atoms with Crippen molar-refractivity contribution in [1.82, 2.24) is 4.90 Å². The first-order chi connectivity index (χ1) is 11.8. The van der Waals surface area contributed by atoms with E-state index in [1.807, 2.05) is 13.8 Å². The Balaban J connectivity index is 2.09. The molecule has 0 fully saturated rings. The molecular weight excluding hydrogens is 353 g/mol. The molecule has 1 atom stereocenters. The lowest BCUT2D eigenvalue weighted by Gasteiger charge is -2.27. The number of benzene rings is 1. The van der Waals surface area contributed by atoms with Crippen LogP contribution in [-0.2, 0) is 15.8 Å². The zero-order valence-corrected chi connectivity index (χ0v) is 15.0. The van der Waals surface area contributed by atoms with E-state index < -0.39 is 22.9 Å². The summed E-state index contributed by atoms with van der Waals surface area (Å²) in [5.41, 5.74) is -0.662. The molecule has 1 aliphatic heterocycles. The smallest absolute Gasteiger partial charge is 0.343 e. The summed E-state index contributed by atoms with van der Waals surface area (Å²) in [6, 6.07) is 3.26. The molecule has 4 nitrogen and oxygen atoms in total. The molecule has 0 spiro atoms. The average Bonchev–Trinajstić information content (AvgIpc) is 2.55. The van der Waals surface area contributed by atoms with Crippen molar-refractivity contribution < 1.29 is 22.8 Å². The maximum Gasteiger partial charge on any atom is 0.416 e. The highest BCUT2D eigenvalue weighted by Crippen LogP contribution is 2.40. The normalized spacial score (nSPS) is 17.0. The second kappa shape index (κ2) is 8.12. The van der Waals surface area contributed by atoms with Crippen LogP contribution in [0.3, 0.4) is 0 Å². The Kier molecular flexibility index (Phi) is 6.37. The molecule has 8 heteroatoms. The number of amides is 2. The van der Waals surface area contributed by atoms with Gasteiger partial charge < -0.3 is 10.2 Å². The lowest BCUT2D eigenvalue weighted by molar-refractivity contribution is -0.137. The second-order valence-corrected chi connectivity index (χ2v) is 7.08. The van der Waals surface area contributed by atoms with Crippen molar-refractivity contribution in [2.24, 2.45) is 0 Å². The van der Waals surface area contributed by atoms with Gasteiger partial charge in [0.2, 0.25) is 11.8 Å². The number of anilines is 1. The Morgan fingerprint density at radius 2 is 2.04 bits per heavy atom. The van der Waals surface area contributed by atoms with Crippen molar-refractivity contribution >= 4 is 29.3 Å². The van der Waals surface area contributed by atoms with Gasteiger partial charge in [-0.3, -0.25) is 9.59 Å². The van der Waals surface area contributed by atoms with Gasteiger partial charge in [-0.2, -0.15) is 13.2 Å². The number of carbonyl (C=O) groups excluding carboxylic acids is 2. The van der Waals surface area contributed by atoms with Crippen LogP contribution in [0.15, 0.2) is 23.1 Å². The number of hydrogen-bond donors (Lipinski definition) is 1. The number of thioether (sulfide) groups is 1. The molecule has 0 bridgehead atoms. The fourth-order valence-corrected chi connectivity index (χ4v) is 3.64. The van der Waals surface area contributed by atoms with Gasteiger partial charge in [-0.1, -0.05) is 13.3 Å². The number of halogens is 3. The van der Waals surface area contributed by atoms with E-state index in [9.17, 15) is 22.8 Å². The summed E-state index contributed by atoms with van der Waals surface area (Å²) in [7, 11) is 0. The topological polar surface area (TPSA) is 49.4 Å². The van der Waals surface area contributed by atoms with E-state index in [-0.39, 0.29) is 18.0 Å². The Hall–Kier alpha value is -1.70. The maximum absolute atomic E-state index is 12.8. The standard InChI is InChI=1S/C17H21F3N2O2S/c1-3-5-8-22(4-2)15(23)10-14-16(24)21-12-9-11(17(18,19)20)6-7-13(12)25-14/h6-7,9,14H,3-5,8,10H2,1-2H3,(H,21,24). The van der Waals surface area contributed by atoms with Gasteiger partial charge in [0, 0.05) is 24.4 Å². The third kappa shape index (κ3) is 4.90. The van der Waals surface area contributed by atoms with Gasteiger partial charge in [0.05, 0.1) is 16.5 Å². The molecule has 1 aromatic rings. The van der Waals surface area contributed by atoms with Crippen LogP contribution in [0.25, 0.3) is 0 Å². The predicted molar refractivity (Wildman–Crippen MR) is 91.5 cm³/mol. The van der Waals surface area contributed by atoms with E-state index in [0.29, 0.717) is 18.0 Å². The minimum atomic E-state index is -4.46. The Labute approximate surface area is 149 Å². The number of hydrogen-bond acceptors (Lipinski definition) is 3. The SMILES string of the molecule is CCCCN(CC)C(=O)CC1Sc2ccc(C(F)(F)F)cc2NC1=O. The summed E-state index contributed by atoms with van der Waals surface area (Å²) < 4.78 is 38.3. The van der Waals surface area contributed by atoms with Crippen molar-refractivity contribution in [3.05, 3.63) is 23.8 Å². The summed E-state index contributed by atoms with van der Waals surface area (Å²) in [6.07, 6.45) is -2.56. The van der Waals surface area contributed by atoms with Crippen molar-refractivity contribution in [2.45, 2.75) is 49.4 Å². The Morgan fingerprint density at radius 1 is 1.32 bits per heavy atom. The fourth-order valence-electron chi connectivity index (χ4n) is 2.56. The molecule has 1 heterocycles. The number of fused-ring (bicyclic) bond motifs is 1. The molecule has 2 amide bonds. The van der Waals surface area contributed by atoms with Gasteiger partial charge in [0.25, 0.3) is 0 Å². The van der Waals surface area contributed by atoms with Crippen LogP contribution < -0.4 is 5.32 Å². The molecule has 0 aromatic heterocycles. The van der Waals surface area contributed by atoms with Crippen molar-refractivity contribution in [1.29, 1.82) is 0 Å². The quantitative estimate of drug-likeness (QED) is 0.814. The highest BCUT2D eigenvalue weighted by Gasteiger charge is 2.34.